The molecule has 2 heterocycles. The lowest BCUT2D eigenvalue weighted by Crippen LogP contribution is -2.35. The molecule has 108 valence electrons. The van der Waals surface area contributed by atoms with Crippen molar-refractivity contribution in [1.82, 2.24) is 15.2 Å². The number of aromatic nitrogens is 3. The number of nitrogens with zero attached hydrogens (tertiary/aromatic N) is 4. The number of hydrogen-bond acceptors (Lipinski definition) is 5. The number of carbonyl (C=O) groups is 1. The topological polar surface area (TPSA) is 59.0 Å². The molecule has 1 aromatic heterocycles. The van der Waals surface area contributed by atoms with Crippen LogP contribution in [0.25, 0.3) is 11.3 Å². The van der Waals surface area contributed by atoms with Gasteiger partial charge in [-0.05, 0) is 18.2 Å². The van der Waals surface area contributed by atoms with Crippen LogP contribution >= 0.6 is 23.2 Å². The molecule has 0 spiro atoms. The van der Waals surface area contributed by atoms with Crippen molar-refractivity contribution in [3.63, 3.8) is 0 Å². The lowest BCUT2D eigenvalue weighted by molar-refractivity contribution is -0.119. The molecule has 0 unspecified atom stereocenters. The molecule has 1 aromatic carbocycles. The third-order valence-corrected chi connectivity index (χ3v) is 3.91. The van der Waals surface area contributed by atoms with Gasteiger partial charge in [0, 0.05) is 36.5 Å². The third-order valence-electron chi connectivity index (χ3n) is 3.36. The van der Waals surface area contributed by atoms with Gasteiger partial charge in [-0.15, -0.1) is 10.2 Å². The third kappa shape index (κ3) is 3.14. The van der Waals surface area contributed by atoms with Crippen molar-refractivity contribution < 1.29 is 4.79 Å². The van der Waals surface area contributed by atoms with Crippen LogP contribution in [0.5, 0.6) is 0 Å². The second-order valence-corrected chi connectivity index (χ2v) is 5.64. The van der Waals surface area contributed by atoms with Crippen LogP contribution in [0.4, 0.5) is 5.95 Å². The number of hydrogen-bond donors (Lipinski definition) is 0. The molecule has 2 aromatic rings. The van der Waals surface area contributed by atoms with Crippen LogP contribution in [-0.4, -0.2) is 34.1 Å². The number of carbonyl (C=O) groups excluding carboxylic acids is 1. The molecule has 1 saturated heterocycles. The summed E-state index contributed by atoms with van der Waals surface area (Å²) < 4.78 is 0. The Morgan fingerprint density at radius 2 is 1.86 bits per heavy atom. The Bertz CT molecular complexity index is 665. The second-order valence-electron chi connectivity index (χ2n) is 4.79. The predicted molar refractivity (Wildman–Crippen MR) is 81.7 cm³/mol. The van der Waals surface area contributed by atoms with E-state index in [2.05, 4.69) is 15.2 Å². The summed E-state index contributed by atoms with van der Waals surface area (Å²) in [5, 5.41) is 9.37. The smallest absolute Gasteiger partial charge is 0.245 e. The summed E-state index contributed by atoms with van der Waals surface area (Å²) in [6.45, 7) is 1.28. The molecule has 0 amide bonds. The first-order chi connectivity index (χ1) is 10.1. The zero-order valence-corrected chi connectivity index (χ0v) is 12.6. The highest BCUT2D eigenvalue weighted by atomic mass is 35.5. The van der Waals surface area contributed by atoms with Crippen LogP contribution in [0, 0.1) is 0 Å². The fourth-order valence-corrected chi connectivity index (χ4v) is 2.70. The van der Waals surface area contributed by atoms with E-state index in [4.69, 9.17) is 23.2 Å². The predicted octanol–water partition coefficient (Wildman–Crippen LogP) is 3.01. The number of anilines is 1. The lowest BCUT2D eigenvalue weighted by Gasteiger charge is -2.25. The van der Waals surface area contributed by atoms with E-state index >= 15 is 0 Å². The summed E-state index contributed by atoms with van der Waals surface area (Å²) in [5.41, 5.74) is 1.33. The van der Waals surface area contributed by atoms with Crippen LogP contribution in [0.1, 0.15) is 12.8 Å². The van der Waals surface area contributed by atoms with Gasteiger partial charge < -0.3 is 4.90 Å². The van der Waals surface area contributed by atoms with E-state index in [1.165, 1.54) is 0 Å². The van der Waals surface area contributed by atoms with Crippen LogP contribution in [0.15, 0.2) is 24.4 Å². The largest absolute Gasteiger partial charge is 0.339 e. The minimum Gasteiger partial charge on any atom is -0.339 e. The molecule has 0 N–H and O–H groups in total. The first kappa shape index (κ1) is 14.2. The molecule has 1 fully saturated rings. The van der Waals surface area contributed by atoms with Crippen LogP contribution in [0.3, 0.4) is 0 Å². The molecular weight excluding hydrogens is 311 g/mol. The van der Waals surface area contributed by atoms with E-state index in [0.717, 1.165) is 5.56 Å². The van der Waals surface area contributed by atoms with Gasteiger partial charge in [-0.3, -0.25) is 4.79 Å². The highest BCUT2D eigenvalue weighted by Crippen LogP contribution is 2.28. The Morgan fingerprint density at radius 1 is 1.10 bits per heavy atom. The van der Waals surface area contributed by atoms with Gasteiger partial charge in [0.25, 0.3) is 0 Å². The first-order valence-corrected chi connectivity index (χ1v) is 7.31. The Morgan fingerprint density at radius 3 is 2.48 bits per heavy atom. The quantitative estimate of drug-likeness (QED) is 0.850. The number of ketones is 1. The zero-order valence-electron chi connectivity index (χ0n) is 11.1. The number of piperidine rings is 1. The summed E-state index contributed by atoms with van der Waals surface area (Å²) in [7, 11) is 0. The highest BCUT2D eigenvalue weighted by molar-refractivity contribution is 6.36. The highest BCUT2D eigenvalue weighted by Gasteiger charge is 2.19. The number of halogens is 2. The molecule has 5 nitrogen and oxygen atoms in total. The summed E-state index contributed by atoms with van der Waals surface area (Å²) in [4.78, 5) is 17.5. The maximum Gasteiger partial charge on any atom is 0.245 e. The zero-order chi connectivity index (χ0) is 14.8. The Kier molecular flexibility index (Phi) is 4.03. The molecule has 0 saturated carbocycles. The van der Waals surface area contributed by atoms with Crippen LogP contribution in [-0.2, 0) is 4.79 Å². The standard InChI is InChI=1S/C14H12Cl2N4O/c15-9-1-2-11(12(16)7-9)13-8-17-14(19-18-13)20-5-3-10(21)4-6-20/h1-2,7-8H,3-6H2. The average Bonchev–Trinajstić information content (AvgIpc) is 2.48. The summed E-state index contributed by atoms with van der Waals surface area (Å²) in [6, 6.07) is 5.19. The van der Waals surface area contributed by atoms with E-state index in [-0.39, 0.29) is 5.78 Å². The Balaban J connectivity index is 1.82. The lowest BCUT2D eigenvalue weighted by atomic mass is 10.1. The number of benzene rings is 1. The van der Waals surface area contributed by atoms with Gasteiger partial charge in [-0.1, -0.05) is 23.2 Å². The fourth-order valence-electron chi connectivity index (χ4n) is 2.19. The van der Waals surface area contributed by atoms with Crippen molar-refractivity contribution >= 4 is 34.9 Å². The summed E-state index contributed by atoms with van der Waals surface area (Å²) in [6.07, 6.45) is 2.70. The normalized spacial score (nSPS) is 15.3. The van der Waals surface area contributed by atoms with Gasteiger partial charge in [0.2, 0.25) is 5.95 Å². The molecule has 3 rings (SSSR count). The molecule has 21 heavy (non-hydrogen) atoms. The van der Waals surface area contributed by atoms with Gasteiger partial charge >= 0.3 is 0 Å². The monoisotopic (exact) mass is 322 g/mol. The van der Waals surface area contributed by atoms with Crippen LogP contribution in [0.2, 0.25) is 10.0 Å². The summed E-state index contributed by atoms with van der Waals surface area (Å²) in [5.74, 6) is 0.820. The molecule has 0 bridgehead atoms. The van der Waals surface area contributed by atoms with Crippen molar-refractivity contribution in [1.29, 1.82) is 0 Å². The van der Waals surface area contributed by atoms with Gasteiger partial charge in [0.15, 0.2) is 0 Å². The minimum absolute atomic E-state index is 0.281. The van der Waals surface area contributed by atoms with Gasteiger partial charge in [-0.2, -0.15) is 0 Å². The number of rotatable bonds is 2. The maximum atomic E-state index is 11.2. The molecule has 0 atom stereocenters. The van der Waals surface area contributed by atoms with E-state index in [9.17, 15) is 4.79 Å². The van der Waals surface area contributed by atoms with E-state index in [1.807, 2.05) is 4.90 Å². The summed E-state index contributed by atoms with van der Waals surface area (Å²) >= 11 is 12.0. The number of Topliss-reactive ketones (excluding diaryl/α,β-unsaturated/α-hetero) is 1. The van der Waals surface area contributed by atoms with Crippen molar-refractivity contribution in [3.8, 4) is 11.3 Å². The van der Waals surface area contributed by atoms with Crippen molar-refractivity contribution in [2.75, 3.05) is 18.0 Å². The molecule has 1 aliphatic rings. The van der Waals surface area contributed by atoms with Gasteiger partial charge in [-0.25, -0.2) is 4.98 Å². The van der Waals surface area contributed by atoms with Crippen LogP contribution < -0.4 is 4.90 Å². The van der Waals surface area contributed by atoms with Gasteiger partial charge in [0.1, 0.15) is 11.5 Å². The molecule has 7 heteroatoms. The average molecular weight is 323 g/mol. The SMILES string of the molecule is O=C1CCN(c2ncc(-c3ccc(Cl)cc3Cl)nn2)CC1. The maximum absolute atomic E-state index is 11.2. The fraction of sp³-hybridized carbons (Fsp3) is 0.286. The van der Waals surface area contributed by atoms with Gasteiger partial charge in [0.05, 0.1) is 11.2 Å². The minimum atomic E-state index is 0.281. The second kappa shape index (κ2) is 5.95. The Labute approximate surface area is 131 Å². The molecule has 0 radical (unpaired) electrons. The molecular formula is C14H12Cl2N4O. The first-order valence-electron chi connectivity index (χ1n) is 6.55. The van der Waals surface area contributed by atoms with E-state index in [0.29, 0.717) is 47.6 Å². The van der Waals surface area contributed by atoms with E-state index in [1.54, 1.807) is 24.4 Å². The van der Waals surface area contributed by atoms with E-state index < -0.39 is 0 Å². The Hall–Kier alpha value is -1.72. The van der Waals surface area contributed by atoms with Crippen molar-refractivity contribution in [3.05, 3.63) is 34.4 Å². The van der Waals surface area contributed by atoms with Crippen molar-refractivity contribution in [2.24, 2.45) is 0 Å². The van der Waals surface area contributed by atoms with Crippen molar-refractivity contribution in [2.45, 2.75) is 12.8 Å². The molecule has 0 aliphatic carbocycles. The molecule has 1 aliphatic heterocycles.